The highest BCUT2D eigenvalue weighted by Crippen LogP contribution is 2.33. The van der Waals surface area contributed by atoms with Crippen molar-refractivity contribution >= 4 is 0 Å². The minimum Gasteiger partial charge on any atom is -0.304 e. The highest BCUT2D eigenvalue weighted by Gasteiger charge is 2.40. The van der Waals surface area contributed by atoms with Gasteiger partial charge in [-0.3, -0.25) is 0 Å². The van der Waals surface area contributed by atoms with E-state index in [1.165, 1.54) is 13.0 Å². The van der Waals surface area contributed by atoms with Gasteiger partial charge in [-0.25, -0.2) is 0 Å². The lowest BCUT2D eigenvalue weighted by Gasteiger charge is -2.50. The van der Waals surface area contributed by atoms with Crippen LogP contribution in [0.1, 0.15) is 27.2 Å². The molecule has 0 aromatic heterocycles. The summed E-state index contributed by atoms with van der Waals surface area (Å²) < 4.78 is 0. The maximum Gasteiger partial charge on any atom is 0.0227 e. The zero-order valence-corrected chi connectivity index (χ0v) is 9.96. The minimum absolute atomic E-state index is 0.381. The molecule has 78 valence electrons. The number of hydrogen-bond acceptors (Lipinski definition) is 2. The maximum absolute atomic E-state index is 2.47. The molecule has 1 fully saturated rings. The van der Waals surface area contributed by atoms with Gasteiger partial charge >= 0.3 is 0 Å². The molecule has 0 spiro atoms. The highest BCUT2D eigenvalue weighted by molar-refractivity contribution is 4.96. The summed E-state index contributed by atoms with van der Waals surface area (Å²) in [6, 6.07) is 0.712. The third-order valence-corrected chi connectivity index (χ3v) is 4.11. The van der Waals surface area contributed by atoms with Gasteiger partial charge in [0.15, 0.2) is 0 Å². The first-order valence-electron chi connectivity index (χ1n) is 5.25. The quantitative estimate of drug-likeness (QED) is 0.611. The van der Waals surface area contributed by atoms with Crippen LogP contribution in [-0.4, -0.2) is 49.1 Å². The van der Waals surface area contributed by atoms with Crippen LogP contribution >= 0.6 is 0 Å². The molecule has 13 heavy (non-hydrogen) atoms. The van der Waals surface area contributed by atoms with E-state index in [9.17, 15) is 0 Å². The molecule has 3 unspecified atom stereocenters. The third kappa shape index (κ3) is 1.89. The smallest absolute Gasteiger partial charge is 0.0227 e. The van der Waals surface area contributed by atoms with Gasteiger partial charge in [-0.05, 0) is 47.3 Å². The van der Waals surface area contributed by atoms with E-state index < -0.39 is 0 Å². The van der Waals surface area contributed by atoms with Crippen LogP contribution in [0.2, 0.25) is 0 Å². The van der Waals surface area contributed by atoms with Crippen molar-refractivity contribution in [2.75, 3.05) is 27.7 Å². The fourth-order valence-electron chi connectivity index (χ4n) is 2.39. The van der Waals surface area contributed by atoms with Gasteiger partial charge in [0.1, 0.15) is 0 Å². The molecule has 0 N–H and O–H groups in total. The molecule has 1 aliphatic rings. The van der Waals surface area contributed by atoms with E-state index in [0.717, 1.165) is 5.92 Å². The van der Waals surface area contributed by atoms with Crippen LogP contribution < -0.4 is 0 Å². The molecule has 1 aliphatic heterocycles. The van der Waals surface area contributed by atoms with Gasteiger partial charge in [0.2, 0.25) is 0 Å². The fraction of sp³-hybridized carbons (Fsp3) is 1.00. The van der Waals surface area contributed by atoms with Gasteiger partial charge in [0, 0.05) is 18.1 Å². The van der Waals surface area contributed by atoms with E-state index in [4.69, 9.17) is 0 Å². The van der Waals surface area contributed by atoms with Crippen LogP contribution in [0.3, 0.4) is 0 Å². The topological polar surface area (TPSA) is 6.48 Å². The summed E-state index contributed by atoms with van der Waals surface area (Å²) in [4.78, 5) is 4.86. The molecule has 1 heterocycles. The number of piperidine rings is 1. The number of nitrogens with zero attached hydrogens (tertiary/aromatic N) is 2. The molecule has 0 aromatic rings. The average Bonchev–Trinajstić information content (AvgIpc) is 2.01. The molecule has 1 saturated heterocycles. The lowest BCUT2D eigenvalue weighted by atomic mass is 9.77. The molecular weight excluding hydrogens is 160 g/mol. The van der Waals surface area contributed by atoms with Crippen molar-refractivity contribution < 1.29 is 0 Å². The Balaban J connectivity index is 2.76. The van der Waals surface area contributed by atoms with E-state index >= 15 is 0 Å². The zero-order valence-electron chi connectivity index (χ0n) is 9.96. The zero-order chi connectivity index (χ0) is 10.2. The van der Waals surface area contributed by atoms with Crippen LogP contribution in [0.15, 0.2) is 0 Å². The van der Waals surface area contributed by atoms with E-state index in [-0.39, 0.29) is 0 Å². The Labute approximate surface area is 82.9 Å². The predicted molar refractivity (Wildman–Crippen MR) is 58.0 cm³/mol. The van der Waals surface area contributed by atoms with Crippen molar-refractivity contribution in [3.05, 3.63) is 0 Å². The monoisotopic (exact) mass is 184 g/mol. The molecule has 3 atom stereocenters. The Morgan fingerprint density at radius 2 is 1.85 bits per heavy atom. The van der Waals surface area contributed by atoms with Gasteiger partial charge in [0.25, 0.3) is 0 Å². The highest BCUT2D eigenvalue weighted by atomic mass is 15.2. The normalized spacial score (nSPS) is 42.7. The molecule has 1 rings (SSSR count). The first-order valence-corrected chi connectivity index (χ1v) is 5.25. The van der Waals surface area contributed by atoms with Gasteiger partial charge in [0.05, 0.1) is 0 Å². The molecule has 0 aromatic carbocycles. The summed E-state index contributed by atoms with van der Waals surface area (Å²) >= 11 is 0. The summed E-state index contributed by atoms with van der Waals surface area (Å²) in [7, 11) is 6.64. The number of hydrogen-bond donors (Lipinski definition) is 0. The Kier molecular flexibility index (Phi) is 3.03. The van der Waals surface area contributed by atoms with E-state index in [1.54, 1.807) is 0 Å². The number of likely N-dealkylation sites (tertiary alicyclic amines) is 1. The van der Waals surface area contributed by atoms with Crippen molar-refractivity contribution in [2.45, 2.75) is 38.8 Å². The average molecular weight is 184 g/mol. The van der Waals surface area contributed by atoms with Crippen LogP contribution in [0.5, 0.6) is 0 Å². The van der Waals surface area contributed by atoms with Crippen LogP contribution in [0, 0.1) is 5.92 Å². The van der Waals surface area contributed by atoms with Gasteiger partial charge in [-0.15, -0.1) is 0 Å². The van der Waals surface area contributed by atoms with E-state index in [0.29, 0.717) is 11.6 Å². The predicted octanol–water partition coefficient (Wildman–Crippen LogP) is 1.67. The molecule has 0 bridgehead atoms. The van der Waals surface area contributed by atoms with E-state index in [2.05, 4.69) is 51.7 Å². The second-order valence-electron chi connectivity index (χ2n) is 5.15. The Morgan fingerprint density at radius 3 is 2.31 bits per heavy atom. The lowest BCUT2D eigenvalue weighted by Crippen LogP contribution is -2.58. The Hall–Kier alpha value is -0.0800. The van der Waals surface area contributed by atoms with Crippen LogP contribution in [-0.2, 0) is 0 Å². The second kappa shape index (κ2) is 3.58. The molecule has 2 nitrogen and oxygen atoms in total. The summed E-state index contributed by atoms with van der Waals surface area (Å²) in [5.74, 6) is 0.753. The summed E-state index contributed by atoms with van der Waals surface area (Å²) in [6.07, 6.45) is 1.28. The summed E-state index contributed by atoms with van der Waals surface area (Å²) in [5, 5.41) is 0. The number of rotatable bonds is 1. The Bertz CT molecular complexity index is 179. The van der Waals surface area contributed by atoms with Gasteiger partial charge < -0.3 is 9.80 Å². The third-order valence-electron chi connectivity index (χ3n) is 4.11. The largest absolute Gasteiger partial charge is 0.304 e. The maximum atomic E-state index is 2.47. The second-order valence-corrected chi connectivity index (χ2v) is 5.15. The van der Waals surface area contributed by atoms with Crippen molar-refractivity contribution in [2.24, 2.45) is 5.92 Å². The minimum atomic E-state index is 0.381. The summed E-state index contributed by atoms with van der Waals surface area (Å²) in [6.45, 7) is 8.30. The van der Waals surface area contributed by atoms with Gasteiger partial charge in [-0.1, -0.05) is 6.92 Å². The molecular formula is C11H24N2. The first-order chi connectivity index (χ1) is 5.88. The fourth-order valence-corrected chi connectivity index (χ4v) is 2.39. The van der Waals surface area contributed by atoms with Gasteiger partial charge in [-0.2, -0.15) is 0 Å². The molecule has 0 aliphatic carbocycles. The Morgan fingerprint density at radius 1 is 1.31 bits per heavy atom. The van der Waals surface area contributed by atoms with Crippen molar-refractivity contribution in [3.8, 4) is 0 Å². The molecule has 0 saturated carbocycles. The first kappa shape index (κ1) is 11.0. The summed E-state index contributed by atoms with van der Waals surface area (Å²) in [5.41, 5.74) is 0.381. The van der Waals surface area contributed by atoms with Crippen LogP contribution in [0.25, 0.3) is 0 Å². The molecule has 0 radical (unpaired) electrons. The molecule has 2 heteroatoms. The lowest BCUT2D eigenvalue weighted by molar-refractivity contribution is 0.00200. The van der Waals surface area contributed by atoms with Crippen molar-refractivity contribution in [1.82, 2.24) is 9.80 Å². The van der Waals surface area contributed by atoms with Crippen LogP contribution in [0.4, 0.5) is 0 Å². The van der Waals surface area contributed by atoms with Crippen molar-refractivity contribution in [3.63, 3.8) is 0 Å². The SMILES string of the molecule is CC1CC(C)(N(C)C)C(C)CN1C. The van der Waals surface area contributed by atoms with E-state index in [1.807, 2.05) is 0 Å². The standard InChI is InChI=1S/C11H24N2/c1-9-8-13(6)10(2)7-11(9,3)12(4)5/h9-10H,7-8H2,1-6H3. The molecule has 0 amide bonds. The van der Waals surface area contributed by atoms with Crippen molar-refractivity contribution in [1.29, 1.82) is 0 Å².